The average molecular weight is 267 g/mol. The van der Waals surface area contributed by atoms with Crippen molar-refractivity contribution in [3.05, 3.63) is 10.0 Å². The lowest BCUT2D eigenvalue weighted by molar-refractivity contribution is 0.346. The van der Waals surface area contributed by atoms with Gasteiger partial charge in [0.15, 0.2) is 0 Å². The summed E-state index contributed by atoms with van der Waals surface area (Å²) in [7, 11) is 0. The second-order valence-corrected chi connectivity index (χ2v) is 7.11. The van der Waals surface area contributed by atoms with E-state index in [0.717, 1.165) is 24.0 Å². The predicted octanol–water partition coefficient (Wildman–Crippen LogP) is 3.58. The van der Waals surface area contributed by atoms with Gasteiger partial charge in [-0.05, 0) is 31.2 Å². The molecule has 0 radical (unpaired) electrons. The molecule has 0 unspecified atom stereocenters. The van der Waals surface area contributed by atoms with Crippen LogP contribution in [0.3, 0.4) is 0 Å². The van der Waals surface area contributed by atoms with Crippen LogP contribution in [0.1, 0.15) is 62.4 Å². The molecule has 1 fully saturated rings. The molecule has 18 heavy (non-hydrogen) atoms. The summed E-state index contributed by atoms with van der Waals surface area (Å²) in [4.78, 5) is 0. The molecule has 0 atom stereocenters. The minimum atomic E-state index is 0.678. The largest absolute Gasteiger partial charge is 0.310 e. The molecule has 1 aliphatic rings. The highest BCUT2D eigenvalue weighted by Crippen LogP contribution is 2.36. The minimum absolute atomic E-state index is 0.678. The third-order valence-electron chi connectivity index (χ3n) is 3.68. The Morgan fingerprint density at radius 1 is 1.22 bits per heavy atom. The normalized spacial score (nSPS) is 24.7. The molecule has 4 heteroatoms. The van der Waals surface area contributed by atoms with Gasteiger partial charge in [-0.3, -0.25) is 0 Å². The Kier molecular flexibility index (Phi) is 5.13. The van der Waals surface area contributed by atoms with Gasteiger partial charge in [0.05, 0.1) is 0 Å². The van der Waals surface area contributed by atoms with E-state index in [0.29, 0.717) is 11.8 Å². The maximum atomic E-state index is 4.39. The molecule has 2 rings (SSSR count). The van der Waals surface area contributed by atoms with Crippen LogP contribution in [0.15, 0.2) is 0 Å². The standard InChI is InChI=1S/C14H25N3S/c1-10(2)8-15-9-13-16-17-14(18-13)12-6-4-11(3)5-7-12/h10-12,15H,4-9H2,1-3H3. The Labute approximate surface area is 114 Å². The van der Waals surface area contributed by atoms with Gasteiger partial charge in [0, 0.05) is 12.5 Å². The molecule has 1 aromatic heterocycles. The minimum Gasteiger partial charge on any atom is -0.310 e. The smallest absolute Gasteiger partial charge is 0.131 e. The Hall–Kier alpha value is -0.480. The summed E-state index contributed by atoms with van der Waals surface area (Å²) in [6.07, 6.45) is 5.31. The molecule has 0 amide bonds. The Bertz CT molecular complexity index is 354. The van der Waals surface area contributed by atoms with Crippen molar-refractivity contribution in [2.75, 3.05) is 6.54 Å². The summed E-state index contributed by atoms with van der Waals surface area (Å²) >= 11 is 1.81. The predicted molar refractivity (Wildman–Crippen MR) is 76.8 cm³/mol. The number of hydrogen-bond donors (Lipinski definition) is 1. The van der Waals surface area contributed by atoms with Crippen LogP contribution in [0.2, 0.25) is 0 Å². The van der Waals surface area contributed by atoms with Gasteiger partial charge in [0.2, 0.25) is 0 Å². The number of hydrogen-bond acceptors (Lipinski definition) is 4. The number of nitrogens with zero attached hydrogens (tertiary/aromatic N) is 2. The van der Waals surface area contributed by atoms with Crippen molar-refractivity contribution in [3.63, 3.8) is 0 Å². The second-order valence-electron chi connectivity index (χ2n) is 6.02. The van der Waals surface area contributed by atoms with Gasteiger partial charge < -0.3 is 5.32 Å². The summed E-state index contributed by atoms with van der Waals surface area (Å²) < 4.78 is 0. The lowest BCUT2D eigenvalue weighted by Crippen LogP contribution is -2.18. The maximum Gasteiger partial charge on any atom is 0.131 e. The molecule has 0 spiro atoms. The summed E-state index contributed by atoms with van der Waals surface area (Å²) in [5.41, 5.74) is 0. The molecule has 1 aliphatic carbocycles. The molecule has 1 N–H and O–H groups in total. The van der Waals surface area contributed by atoms with Crippen molar-refractivity contribution in [1.82, 2.24) is 15.5 Å². The second kappa shape index (κ2) is 6.62. The molecule has 1 saturated carbocycles. The maximum absolute atomic E-state index is 4.39. The van der Waals surface area contributed by atoms with Crippen LogP contribution in [0.5, 0.6) is 0 Å². The molecule has 1 aromatic rings. The topological polar surface area (TPSA) is 37.8 Å². The van der Waals surface area contributed by atoms with Crippen molar-refractivity contribution in [2.24, 2.45) is 11.8 Å². The summed E-state index contributed by atoms with van der Waals surface area (Å²) in [6.45, 7) is 8.73. The van der Waals surface area contributed by atoms with Gasteiger partial charge in [0.1, 0.15) is 10.0 Å². The van der Waals surface area contributed by atoms with Crippen LogP contribution in [0.4, 0.5) is 0 Å². The van der Waals surface area contributed by atoms with E-state index in [1.54, 1.807) is 0 Å². The highest BCUT2D eigenvalue weighted by Gasteiger charge is 2.22. The molecule has 3 nitrogen and oxygen atoms in total. The molecule has 1 heterocycles. The van der Waals surface area contributed by atoms with Gasteiger partial charge in [-0.15, -0.1) is 10.2 Å². The first-order chi connectivity index (χ1) is 8.65. The molecular weight excluding hydrogens is 242 g/mol. The van der Waals surface area contributed by atoms with Gasteiger partial charge >= 0.3 is 0 Å². The Morgan fingerprint density at radius 3 is 2.61 bits per heavy atom. The lowest BCUT2D eigenvalue weighted by atomic mass is 9.83. The fourth-order valence-electron chi connectivity index (χ4n) is 2.48. The van der Waals surface area contributed by atoms with Crippen molar-refractivity contribution in [3.8, 4) is 0 Å². The SMILES string of the molecule is CC(C)CNCc1nnc(C2CCC(C)CC2)s1. The van der Waals surface area contributed by atoms with Crippen LogP contribution in [-0.4, -0.2) is 16.7 Å². The van der Waals surface area contributed by atoms with Crippen molar-refractivity contribution in [2.45, 2.75) is 58.9 Å². The van der Waals surface area contributed by atoms with Crippen LogP contribution in [0, 0.1) is 11.8 Å². The first-order valence-electron chi connectivity index (χ1n) is 7.18. The zero-order valence-electron chi connectivity index (χ0n) is 11.8. The third-order valence-corrected chi connectivity index (χ3v) is 4.76. The molecule has 0 bridgehead atoms. The van der Waals surface area contributed by atoms with E-state index in [1.165, 1.54) is 30.7 Å². The molecule has 0 saturated heterocycles. The number of aromatic nitrogens is 2. The molecule has 0 aliphatic heterocycles. The molecule has 0 aromatic carbocycles. The van der Waals surface area contributed by atoms with Gasteiger partial charge in [-0.2, -0.15) is 0 Å². The summed E-state index contributed by atoms with van der Waals surface area (Å²) in [6, 6.07) is 0. The first kappa shape index (κ1) is 13.9. The van der Waals surface area contributed by atoms with Crippen LogP contribution in [0.25, 0.3) is 0 Å². The van der Waals surface area contributed by atoms with E-state index in [9.17, 15) is 0 Å². The van der Waals surface area contributed by atoms with E-state index in [-0.39, 0.29) is 0 Å². The summed E-state index contributed by atoms with van der Waals surface area (Å²) in [5, 5.41) is 14.5. The average Bonchev–Trinajstić information content (AvgIpc) is 2.78. The van der Waals surface area contributed by atoms with E-state index in [2.05, 4.69) is 36.3 Å². The van der Waals surface area contributed by atoms with E-state index in [1.807, 2.05) is 11.3 Å². The monoisotopic (exact) mass is 267 g/mol. The van der Waals surface area contributed by atoms with E-state index >= 15 is 0 Å². The zero-order chi connectivity index (χ0) is 13.0. The first-order valence-corrected chi connectivity index (χ1v) is 7.99. The fraction of sp³-hybridized carbons (Fsp3) is 0.857. The fourth-order valence-corrected chi connectivity index (χ4v) is 3.46. The zero-order valence-corrected chi connectivity index (χ0v) is 12.6. The highest BCUT2D eigenvalue weighted by molar-refractivity contribution is 7.11. The quantitative estimate of drug-likeness (QED) is 0.886. The summed E-state index contributed by atoms with van der Waals surface area (Å²) in [5.74, 6) is 2.27. The number of nitrogens with one attached hydrogen (secondary N) is 1. The van der Waals surface area contributed by atoms with E-state index in [4.69, 9.17) is 0 Å². The van der Waals surface area contributed by atoms with Gasteiger partial charge in [-0.1, -0.05) is 44.9 Å². The third kappa shape index (κ3) is 4.02. The van der Waals surface area contributed by atoms with Crippen LogP contribution in [-0.2, 0) is 6.54 Å². The lowest BCUT2D eigenvalue weighted by Gasteiger charge is -2.23. The Balaban J connectivity index is 1.82. The van der Waals surface area contributed by atoms with Crippen molar-refractivity contribution >= 4 is 11.3 Å². The van der Waals surface area contributed by atoms with E-state index < -0.39 is 0 Å². The van der Waals surface area contributed by atoms with Crippen LogP contribution >= 0.6 is 11.3 Å². The van der Waals surface area contributed by atoms with Crippen molar-refractivity contribution in [1.29, 1.82) is 0 Å². The highest BCUT2D eigenvalue weighted by atomic mass is 32.1. The number of rotatable bonds is 5. The van der Waals surface area contributed by atoms with Gasteiger partial charge in [-0.25, -0.2) is 0 Å². The molecule has 102 valence electrons. The van der Waals surface area contributed by atoms with Crippen LogP contribution < -0.4 is 5.32 Å². The Morgan fingerprint density at radius 2 is 1.94 bits per heavy atom. The van der Waals surface area contributed by atoms with Crippen molar-refractivity contribution < 1.29 is 0 Å². The van der Waals surface area contributed by atoms with Gasteiger partial charge in [0.25, 0.3) is 0 Å². The molecular formula is C14H25N3S.